The van der Waals surface area contributed by atoms with E-state index in [1.54, 1.807) is 18.1 Å². The Kier molecular flexibility index (Phi) is 4.94. The highest BCUT2D eigenvalue weighted by Crippen LogP contribution is 2.30. The molecule has 0 fully saturated rings. The summed E-state index contributed by atoms with van der Waals surface area (Å²) in [5.41, 5.74) is 2.43. The first-order valence-corrected chi connectivity index (χ1v) is 8.64. The summed E-state index contributed by atoms with van der Waals surface area (Å²) in [4.78, 5) is 29.7. The van der Waals surface area contributed by atoms with Gasteiger partial charge in [-0.3, -0.25) is 9.88 Å². The zero-order chi connectivity index (χ0) is 17.2. The van der Waals surface area contributed by atoms with Crippen molar-refractivity contribution in [2.75, 3.05) is 6.61 Å². The third-order valence-electron chi connectivity index (χ3n) is 3.33. The molecule has 23 heavy (non-hydrogen) atoms. The number of amides is 1. The highest BCUT2D eigenvalue weighted by atomic mass is 31.2. The van der Waals surface area contributed by atoms with Crippen molar-refractivity contribution in [1.82, 2.24) is 9.65 Å². The molecular weight excluding hydrogens is 319 g/mol. The highest BCUT2D eigenvalue weighted by molar-refractivity contribution is 7.50. The molecule has 1 heterocycles. The van der Waals surface area contributed by atoms with Gasteiger partial charge in [-0.25, -0.2) is 4.57 Å². The van der Waals surface area contributed by atoms with Gasteiger partial charge in [-0.2, -0.15) is 0 Å². The minimum absolute atomic E-state index is 0.222. The number of rotatable bonds is 5. The first kappa shape index (κ1) is 17.3. The summed E-state index contributed by atoms with van der Waals surface area (Å²) in [6.45, 7) is 6.02. The molecule has 0 radical (unpaired) electrons. The summed E-state index contributed by atoms with van der Waals surface area (Å²) in [6, 6.07) is 8.96. The number of carbonyl (C=O) groups excluding carboxylic acids is 1. The van der Waals surface area contributed by atoms with E-state index >= 15 is 0 Å². The maximum atomic E-state index is 12.0. The van der Waals surface area contributed by atoms with E-state index in [0.717, 1.165) is 17.1 Å². The zero-order valence-electron chi connectivity index (χ0n) is 13.1. The standard InChI is InChI=1S/C15H19N2O5P/c1-4-22-13-7-5-12(6-8-13)17-10(2)9-14(11(17)3)15(18)16-23(19,20)21/h5-9H,4H2,1-3H3,(H3,16,18,19,20,21). The Bertz CT molecular complexity index is 761. The van der Waals surface area contributed by atoms with Crippen LogP contribution in [-0.2, 0) is 4.57 Å². The molecule has 0 spiro atoms. The molecular formula is C15H19N2O5P. The van der Waals surface area contributed by atoms with E-state index in [9.17, 15) is 9.36 Å². The fourth-order valence-electron chi connectivity index (χ4n) is 2.44. The number of carbonyl (C=O) groups is 1. The fourth-order valence-corrected chi connectivity index (χ4v) is 2.83. The Morgan fingerprint density at radius 1 is 1.26 bits per heavy atom. The van der Waals surface area contributed by atoms with E-state index in [1.807, 2.05) is 42.7 Å². The van der Waals surface area contributed by atoms with Gasteiger partial charge in [0.2, 0.25) is 0 Å². The average molecular weight is 338 g/mol. The lowest BCUT2D eigenvalue weighted by Gasteiger charge is -2.11. The van der Waals surface area contributed by atoms with Crippen LogP contribution >= 0.6 is 7.75 Å². The van der Waals surface area contributed by atoms with E-state index in [2.05, 4.69) is 0 Å². The van der Waals surface area contributed by atoms with Crippen LogP contribution in [0.5, 0.6) is 5.75 Å². The van der Waals surface area contributed by atoms with E-state index < -0.39 is 13.7 Å². The van der Waals surface area contributed by atoms with Gasteiger partial charge in [0.05, 0.1) is 12.2 Å². The number of benzene rings is 1. The minimum Gasteiger partial charge on any atom is -0.494 e. The summed E-state index contributed by atoms with van der Waals surface area (Å²) in [5, 5.41) is 1.69. The van der Waals surface area contributed by atoms with Crippen molar-refractivity contribution in [2.45, 2.75) is 20.8 Å². The zero-order valence-corrected chi connectivity index (χ0v) is 14.0. The lowest BCUT2D eigenvalue weighted by atomic mass is 10.2. The summed E-state index contributed by atoms with van der Waals surface area (Å²) in [5.74, 6) is -0.0539. The molecule has 0 aliphatic heterocycles. The van der Waals surface area contributed by atoms with Crippen LogP contribution in [-0.4, -0.2) is 26.9 Å². The van der Waals surface area contributed by atoms with Crippen LogP contribution in [0.4, 0.5) is 0 Å². The van der Waals surface area contributed by atoms with Gasteiger partial charge >= 0.3 is 7.75 Å². The van der Waals surface area contributed by atoms with E-state index in [4.69, 9.17) is 14.5 Å². The molecule has 0 unspecified atom stereocenters. The largest absolute Gasteiger partial charge is 0.494 e. The second-order valence-electron chi connectivity index (χ2n) is 5.03. The maximum Gasteiger partial charge on any atom is 0.430 e. The van der Waals surface area contributed by atoms with Crippen molar-refractivity contribution in [3.8, 4) is 11.4 Å². The van der Waals surface area contributed by atoms with Crippen LogP contribution in [0.1, 0.15) is 28.7 Å². The van der Waals surface area contributed by atoms with Crippen LogP contribution in [0.3, 0.4) is 0 Å². The third kappa shape index (κ3) is 4.01. The van der Waals surface area contributed by atoms with Gasteiger partial charge in [-0.05, 0) is 51.1 Å². The molecule has 3 N–H and O–H groups in total. The van der Waals surface area contributed by atoms with Crippen molar-refractivity contribution in [1.29, 1.82) is 0 Å². The number of hydrogen-bond acceptors (Lipinski definition) is 3. The van der Waals surface area contributed by atoms with Crippen molar-refractivity contribution < 1.29 is 23.9 Å². The Hall–Kier alpha value is -2.08. The SMILES string of the molecule is CCOc1ccc(-n2c(C)cc(C(=O)NP(=O)(O)O)c2C)cc1. The van der Waals surface area contributed by atoms with Crippen molar-refractivity contribution in [2.24, 2.45) is 0 Å². The Labute approximate surface area is 134 Å². The average Bonchev–Trinajstić information content (AvgIpc) is 2.74. The lowest BCUT2D eigenvalue weighted by molar-refractivity contribution is 0.0971. The van der Waals surface area contributed by atoms with Crippen molar-refractivity contribution in [3.63, 3.8) is 0 Å². The topological polar surface area (TPSA) is 101 Å². The first-order chi connectivity index (χ1) is 10.7. The van der Waals surface area contributed by atoms with E-state index in [0.29, 0.717) is 12.3 Å². The lowest BCUT2D eigenvalue weighted by Crippen LogP contribution is -2.20. The smallest absolute Gasteiger partial charge is 0.430 e. The molecule has 0 saturated carbocycles. The Morgan fingerprint density at radius 2 is 1.87 bits per heavy atom. The van der Waals surface area contributed by atoms with Crippen LogP contribution in [0.2, 0.25) is 0 Å². The van der Waals surface area contributed by atoms with Crippen LogP contribution < -0.4 is 9.82 Å². The van der Waals surface area contributed by atoms with Crippen molar-refractivity contribution in [3.05, 3.63) is 47.3 Å². The Morgan fingerprint density at radius 3 is 2.39 bits per heavy atom. The molecule has 0 aliphatic carbocycles. The highest BCUT2D eigenvalue weighted by Gasteiger charge is 2.22. The van der Waals surface area contributed by atoms with Gasteiger partial charge in [-0.15, -0.1) is 0 Å². The number of nitrogens with zero attached hydrogens (tertiary/aromatic N) is 1. The molecule has 8 heteroatoms. The monoisotopic (exact) mass is 338 g/mol. The Balaban J connectivity index is 2.37. The summed E-state index contributed by atoms with van der Waals surface area (Å²) < 4.78 is 18.2. The first-order valence-electron chi connectivity index (χ1n) is 7.03. The number of nitrogens with one attached hydrogen (secondary N) is 1. The molecule has 0 aliphatic rings. The predicted molar refractivity (Wildman–Crippen MR) is 85.9 cm³/mol. The minimum atomic E-state index is -4.62. The second-order valence-corrected chi connectivity index (χ2v) is 6.34. The molecule has 0 bridgehead atoms. The van der Waals surface area contributed by atoms with Gasteiger partial charge in [0.1, 0.15) is 5.75 Å². The van der Waals surface area contributed by atoms with Crippen LogP contribution in [0.15, 0.2) is 30.3 Å². The molecule has 0 saturated heterocycles. The molecule has 1 amide bonds. The number of hydrogen-bond donors (Lipinski definition) is 3. The second kappa shape index (κ2) is 6.58. The summed E-state index contributed by atoms with van der Waals surface area (Å²) in [7, 11) is -4.62. The molecule has 2 rings (SSSR count). The van der Waals surface area contributed by atoms with E-state index in [1.165, 1.54) is 0 Å². The van der Waals surface area contributed by atoms with Gasteiger partial charge in [0, 0.05) is 17.1 Å². The predicted octanol–water partition coefficient (Wildman–Crippen LogP) is 2.32. The molecule has 0 atom stereocenters. The van der Waals surface area contributed by atoms with Gasteiger partial charge in [0.15, 0.2) is 0 Å². The molecule has 7 nitrogen and oxygen atoms in total. The molecule has 124 valence electrons. The summed E-state index contributed by atoms with van der Waals surface area (Å²) in [6.07, 6.45) is 0. The van der Waals surface area contributed by atoms with E-state index in [-0.39, 0.29) is 5.56 Å². The van der Waals surface area contributed by atoms with Crippen LogP contribution in [0, 0.1) is 13.8 Å². The molecule has 1 aromatic heterocycles. The maximum absolute atomic E-state index is 12.0. The normalized spacial score (nSPS) is 11.3. The molecule has 2 aromatic rings. The van der Waals surface area contributed by atoms with Gasteiger partial charge in [0.25, 0.3) is 5.91 Å². The summed E-state index contributed by atoms with van der Waals surface area (Å²) >= 11 is 0. The number of aryl methyl sites for hydroxylation is 1. The van der Waals surface area contributed by atoms with Gasteiger partial charge < -0.3 is 19.1 Å². The third-order valence-corrected chi connectivity index (χ3v) is 3.82. The quantitative estimate of drug-likeness (QED) is 0.726. The number of aromatic nitrogens is 1. The van der Waals surface area contributed by atoms with Crippen LogP contribution in [0.25, 0.3) is 5.69 Å². The van der Waals surface area contributed by atoms with Crippen molar-refractivity contribution >= 4 is 13.7 Å². The van der Waals surface area contributed by atoms with Gasteiger partial charge in [-0.1, -0.05) is 0 Å². The number of ether oxygens (including phenoxy) is 1. The fraction of sp³-hybridized carbons (Fsp3) is 0.267. The molecule has 1 aromatic carbocycles.